The third-order valence-electron chi connectivity index (χ3n) is 4.07. The Morgan fingerprint density at radius 1 is 1.11 bits per heavy atom. The van der Waals surface area contributed by atoms with Gasteiger partial charge in [0.05, 0.1) is 17.5 Å². The first kappa shape index (κ1) is 21.7. The first-order valence-electron chi connectivity index (χ1n) is 8.51. The Morgan fingerprint density at radius 3 is 2.39 bits per heavy atom. The van der Waals surface area contributed by atoms with E-state index in [0.29, 0.717) is 12.1 Å². The molecule has 0 unspecified atom stereocenters. The number of amides is 1. The summed E-state index contributed by atoms with van der Waals surface area (Å²) in [6.45, 7) is 1.26. The topological polar surface area (TPSA) is 66.5 Å². The second-order valence-electron chi connectivity index (χ2n) is 6.23. The standard InChI is InChI=1S/C19H21F3N2O3S/c1-3-15-8-4-5-10-17(15)24(28(2,26)27)13-18(25)23-12-14-7-6-9-16(11-14)19(20,21)22/h4-11H,3,12-13H2,1-2H3,(H,23,25). The summed E-state index contributed by atoms with van der Waals surface area (Å²) in [5, 5.41) is 2.48. The molecule has 0 aliphatic rings. The predicted octanol–water partition coefficient (Wildman–Crippen LogP) is 3.35. The summed E-state index contributed by atoms with van der Waals surface area (Å²) in [5.41, 5.74) is 0.622. The Balaban J connectivity index is 2.13. The number of benzene rings is 2. The minimum atomic E-state index is -4.48. The maximum Gasteiger partial charge on any atom is 0.416 e. The fourth-order valence-electron chi connectivity index (χ4n) is 2.68. The maximum absolute atomic E-state index is 12.8. The first-order valence-corrected chi connectivity index (χ1v) is 10.4. The highest BCUT2D eigenvalue weighted by Crippen LogP contribution is 2.29. The molecular formula is C19H21F3N2O3S. The van der Waals surface area contributed by atoms with Gasteiger partial charge in [-0.05, 0) is 35.7 Å². The average molecular weight is 414 g/mol. The molecule has 0 bridgehead atoms. The van der Waals surface area contributed by atoms with Crippen LogP contribution in [-0.4, -0.2) is 27.1 Å². The second-order valence-corrected chi connectivity index (χ2v) is 8.13. The zero-order valence-electron chi connectivity index (χ0n) is 15.5. The Hall–Kier alpha value is -2.55. The zero-order valence-corrected chi connectivity index (χ0v) is 16.3. The van der Waals surface area contributed by atoms with E-state index in [2.05, 4.69) is 5.32 Å². The molecule has 0 spiro atoms. The van der Waals surface area contributed by atoms with Gasteiger partial charge in [0.25, 0.3) is 0 Å². The largest absolute Gasteiger partial charge is 0.416 e. The number of hydrogen-bond acceptors (Lipinski definition) is 3. The van der Waals surface area contributed by atoms with E-state index in [4.69, 9.17) is 0 Å². The summed E-state index contributed by atoms with van der Waals surface area (Å²) >= 11 is 0. The van der Waals surface area contributed by atoms with Crippen molar-refractivity contribution in [1.82, 2.24) is 5.32 Å². The number of para-hydroxylation sites is 1. The van der Waals surface area contributed by atoms with E-state index in [9.17, 15) is 26.4 Å². The molecule has 0 aromatic heterocycles. The van der Waals surface area contributed by atoms with E-state index < -0.39 is 34.2 Å². The smallest absolute Gasteiger partial charge is 0.350 e. The summed E-state index contributed by atoms with van der Waals surface area (Å²) in [7, 11) is -3.73. The number of carbonyl (C=O) groups excluding carboxylic acids is 1. The van der Waals surface area contributed by atoms with Gasteiger partial charge < -0.3 is 5.32 Å². The van der Waals surface area contributed by atoms with Gasteiger partial charge in [-0.2, -0.15) is 13.2 Å². The predicted molar refractivity (Wildman–Crippen MR) is 101 cm³/mol. The minimum absolute atomic E-state index is 0.143. The molecule has 1 amide bonds. The number of rotatable bonds is 7. The number of sulfonamides is 1. The quantitative estimate of drug-likeness (QED) is 0.756. The van der Waals surface area contributed by atoms with Crippen molar-refractivity contribution in [2.24, 2.45) is 0 Å². The molecule has 152 valence electrons. The second kappa shape index (κ2) is 8.64. The highest BCUT2D eigenvalue weighted by Gasteiger charge is 2.30. The van der Waals surface area contributed by atoms with E-state index in [1.165, 1.54) is 12.1 Å². The number of nitrogens with one attached hydrogen (secondary N) is 1. The van der Waals surface area contributed by atoms with Crippen molar-refractivity contribution in [3.8, 4) is 0 Å². The van der Waals surface area contributed by atoms with Crippen LogP contribution in [0, 0.1) is 0 Å². The van der Waals surface area contributed by atoms with Crippen molar-refractivity contribution in [1.29, 1.82) is 0 Å². The van der Waals surface area contributed by atoms with Gasteiger partial charge in [-0.1, -0.05) is 37.3 Å². The Morgan fingerprint density at radius 2 is 1.79 bits per heavy atom. The lowest BCUT2D eigenvalue weighted by Crippen LogP contribution is -2.40. The van der Waals surface area contributed by atoms with Crippen LogP contribution in [0.25, 0.3) is 0 Å². The molecule has 0 saturated carbocycles. The molecule has 0 aliphatic carbocycles. The van der Waals surface area contributed by atoms with Gasteiger partial charge in [0.15, 0.2) is 0 Å². The zero-order chi connectivity index (χ0) is 20.9. The highest BCUT2D eigenvalue weighted by molar-refractivity contribution is 7.92. The van der Waals surface area contributed by atoms with E-state index in [0.717, 1.165) is 28.3 Å². The molecule has 0 heterocycles. The van der Waals surface area contributed by atoms with Crippen molar-refractivity contribution in [3.63, 3.8) is 0 Å². The number of hydrogen-bond donors (Lipinski definition) is 1. The fraction of sp³-hybridized carbons (Fsp3) is 0.316. The van der Waals surface area contributed by atoms with Crippen LogP contribution in [0.4, 0.5) is 18.9 Å². The molecule has 2 aromatic rings. The number of alkyl halides is 3. The summed E-state index contributed by atoms with van der Waals surface area (Å²) in [6, 6.07) is 11.4. The van der Waals surface area contributed by atoms with Crippen LogP contribution in [0.15, 0.2) is 48.5 Å². The summed E-state index contributed by atoms with van der Waals surface area (Å²) in [6.07, 6.45) is -2.90. The van der Waals surface area contributed by atoms with Crippen LogP contribution in [0.1, 0.15) is 23.6 Å². The third kappa shape index (κ3) is 5.72. The van der Waals surface area contributed by atoms with Gasteiger partial charge >= 0.3 is 6.18 Å². The van der Waals surface area contributed by atoms with Gasteiger partial charge in [0.2, 0.25) is 15.9 Å². The molecule has 5 nitrogen and oxygen atoms in total. The normalized spacial score (nSPS) is 11.9. The van der Waals surface area contributed by atoms with Crippen molar-refractivity contribution >= 4 is 21.6 Å². The monoisotopic (exact) mass is 414 g/mol. The van der Waals surface area contributed by atoms with Crippen LogP contribution in [0.5, 0.6) is 0 Å². The van der Waals surface area contributed by atoms with E-state index >= 15 is 0 Å². The summed E-state index contributed by atoms with van der Waals surface area (Å²) < 4.78 is 63.7. The number of nitrogens with zero attached hydrogens (tertiary/aromatic N) is 1. The fourth-order valence-corrected chi connectivity index (χ4v) is 3.57. The Kier molecular flexibility index (Phi) is 6.71. The number of halogens is 3. The lowest BCUT2D eigenvalue weighted by Gasteiger charge is -2.24. The molecule has 0 atom stereocenters. The molecule has 0 fully saturated rings. The maximum atomic E-state index is 12.8. The third-order valence-corrected chi connectivity index (χ3v) is 5.20. The lowest BCUT2D eigenvalue weighted by molar-refractivity contribution is -0.137. The highest BCUT2D eigenvalue weighted by atomic mass is 32.2. The van der Waals surface area contributed by atoms with Crippen LogP contribution in [-0.2, 0) is 34.0 Å². The van der Waals surface area contributed by atoms with Crippen LogP contribution in [0.3, 0.4) is 0 Å². The van der Waals surface area contributed by atoms with Crippen LogP contribution in [0.2, 0.25) is 0 Å². The number of anilines is 1. The van der Waals surface area contributed by atoms with Crippen molar-refractivity contribution < 1.29 is 26.4 Å². The minimum Gasteiger partial charge on any atom is -0.350 e. The molecule has 1 N–H and O–H groups in total. The Labute approximate surface area is 162 Å². The molecule has 2 rings (SSSR count). The molecule has 2 aromatic carbocycles. The lowest BCUT2D eigenvalue weighted by atomic mass is 10.1. The average Bonchev–Trinajstić information content (AvgIpc) is 2.63. The number of carbonyl (C=O) groups is 1. The molecule has 9 heteroatoms. The van der Waals surface area contributed by atoms with E-state index in [1.54, 1.807) is 24.3 Å². The molecule has 0 saturated heterocycles. The van der Waals surface area contributed by atoms with Gasteiger partial charge in [-0.15, -0.1) is 0 Å². The van der Waals surface area contributed by atoms with Crippen molar-refractivity contribution in [2.45, 2.75) is 26.1 Å². The van der Waals surface area contributed by atoms with Gasteiger partial charge in [-0.3, -0.25) is 9.10 Å². The molecular weight excluding hydrogens is 393 g/mol. The Bertz CT molecular complexity index is 943. The SMILES string of the molecule is CCc1ccccc1N(CC(=O)NCc1cccc(C(F)(F)F)c1)S(C)(=O)=O. The van der Waals surface area contributed by atoms with E-state index in [1.807, 2.05) is 6.92 Å². The number of aryl methyl sites for hydroxylation is 1. The van der Waals surface area contributed by atoms with Crippen LogP contribution >= 0.6 is 0 Å². The van der Waals surface area contributed by atoms with Crippen molar-refractivity contribution in [2.75, 3.05) is 17.1 Å². The van der Waals surface area contributed by atoms with Gasteiger partial charge in [-0.25, -0.2) is 8.42 Å². The summed E-state index contributed by atoms with van der Waals surface area (Å²) in [4.78, 5) is 12.3. The first-order chi connectivity index (χ1) is 13.0. The molecule has 28 heavy (non-hydrogen) atoms. The van der Waals surface area contributed by atoms with Crippen LogP contribution < -0.4 is 9.62 Å². The van der Waals surface area contributed by atoms with Gasteiger partial charge in [0.1, 0.15) is 6.54 Å². The van der Waals surface area contributed by atoms with Gasteiger partial charge in [0, 0.05) is 6.54 Å². The summed E-state index contributed by atoms with van der Waals surface area (Å²) in [5.74, 6) is -0.617. The van der Waals surface area contributed by atoms with E-state index in [-0.39, 0.29) is 12.1 Å². The van der Waals surface area contributed by atoms with Crippen molar-refractivity contribution in [3.05, 3.63) is 65.2 Å². The molecule has 0 radical (unpaired) electrons. The molecule has 0 aliphatic heterocycles.